The largest absolute Gasteiger partial charge is 0.469 e. The number of methoxy groups -OCH3 is 1. The van der Waals surface area contributed by atoms with Gasteiger partial charge in [-0.25, -0.2) is 0 Å². The number of nitrogens with zero attached hydrogens (tertiary/aromatic N) is 2. The Hall–Kier alpha value is -2.31. The molecule has 0 amide bonds. The molecule has 0 bridgehead atoms. The van der Waals surface area contributed by atoms with E-state index in [1.54, 1.807) is 13.4 Å². The summed E-state index contributed by atoms with van der Waals surface area (Å²) in [6.07, 6.45) is 4.99. The minimum absolute atomic E-state index is 0.492. The fourth-order valence-electron chi connectivity index (χ4n) is 3.53. The molecule has 28 heavy (non-hydrogen) atoms. The van der Waals surface area contributed by atoms with Crippen LogP contribution in [0.3, 0.4) is 0 Å². The highest BCUT2D eigenvalue weighted by Crippen LogP contribution is 2.20. The van der Waals surface area contributed by atoms with E-state index < -0.39 is 0 Å². The van der Waals surface area contributed by atoms with E-state index in [9.17, 15) is 0 Å². The molecule has 0 aliphatic carbocycles. The third-order valence-corrected chi connectivity index (χ3v) is 5.03. The summed E-state index contributed by atoms with van der Waals surface area (Å²) in [7, 11) is 1.71. The van der Waals surface area contributed by atoms with Gasteiger partial charge in [0.25, 0.3) is 0 Å². The Balaban J connectivity index is 1.52. The molecule has 152 valence electrons. The first-order valence-corrected chi connectivity index (χ1v) is 10.2. The zero-order valence-electron chi connectivity index (χ0n) is 16.8. The van der Waals surface area contributed by atoms with Crippen LogP contribution in [0.5, 0.6) is 0 Å². The number of hydrogen-bond acceptors (Lipinski definition) is 4. The lowest BCUT2D eigenvalue weighted by atomic mass is 10.2. The summed E-state index contributed by atoms with van der Waals surface area (Å²) in [6.45, 7) is 5.12. The van der Waals surface area contributed by atoms with Crippen molar-refractivity contribution in [2.45, 2.75) is 31.8 Å². The molecule has 6 heteroatoms. The molecule has 0 radical (unpaired) electrons. The van der Waals surface area contributed by atoms with E-state index in [4.69, 9.17) is 14.1 Å². The van der Waals surface area contributed by atoms with Gasteiger partial charge >= 0.3 is 0 Å². The van der Waals surface area contributed by atoms with Gasteiger partial charge in [0.2, 0.25) is 0 Å². The van der Waals surface area contributed by atoms with E-state index in [2.05, 4.69) is 45.9 Å². The highest BCUT2D eigenvalue weighted by atomic mass is 16.5. The SMILES string of the molecule is COCCNC(=NCC1CCCN1Cc1ccccc1)NCCc1ccco1. The zero-order valence-corrected chi connectivity index (χ0v) is 16.8. The lowest BCUT2D eigenvalue weighted by molar-refractivity contribution is 0.203. The van der Waals surface area contributed by atoms with Crippen LogP contribution in [0.15, 0.2) is 58.1 Å². The Kier molecular flexibility index (Phi) is 8.40. The molecule has 6 nitrogen and oxygen atoms in total. The smallest absolute Gasteiger partial charge is 0.191 e. The number of ether oxygens (including phenoxy) is 1. The lowest BCUT2D eigenvalue weighted by Gasteiger charge is -2.23. The highest BCUT2D eigenvalue weighted by Gasteiger charge is 2.24. The third-order valence-electron chi connectivity index (χ3n) is 5.03. The summed E-state index contributed by atoms with van der Waals surface area (Å²) in [5.74, 6) is 1.82. The predicted octanol–water partition coefficient (Wildman–Crippen LogP) is 2.67. The van der Waals surface area contributed by atoms with Crippen molar-refractivity contribution in [3.8, 4) is 0 Å². The summed E-state index contributed by atoms with van der Waals surface area (Å²) in [5, 5.41) is 6.76. The van der Waals surface area contributed by atoms with E-state index in [0.29, 0.717) is 12.6 Å². The van der Waals surface area contributed by atoms with Crippen LogP contribution < -0.4 is 10.6 Å². The molecule has 1 aliphatic rings. The van der Waals surface area contributed by atoms with Crippen molar-refractivity contribution in [3.63, 3.8) is 0 Å². The monoisotopic (exact) mass is 384 g/mol. The maximum atomic E-state index is 5.40. The Labute approximate surface area is 168 Å². The van der Waals surface area contributed by atoms with E-state index in [1.165, 1.54) is 18.4 Å². The normalized spacial score (nSPS) is 17.8. The van der Waals surface area contributed by atoms with Gasteiger partial charge < -0.3 is 19.8 Å². The second-order valence-corrected chi connectivity index (χ2v) is 7.12. The topological polar surface area (TPSA) is 62.0 Å². The molecular weight excluding hydrogens is 352 g/mol. The van der Waals surface area contributed by atoms with Crippen LogP contribution in [0.4, 0.5) is 0 Å². The third kappa shape index (κ3) is 6.69. The van der Waals surface area contributed by atoms with Crippen LogP contribution in [0.2, 0.25) is 0 Å². The molecule has 1 fully saturated rings. The number of benzene rings is 1. The van der Waals surface area contributed by atoms with Gasteiger partial charge in [-0.1, -0.05) is 30.3 Å². The molecule has 1 unspecified atom stereocenters. The Morgan fingerprint density at radius 2 is 2.04 bits per heavy atom. The number of hydrogen-bond donors (Lipinski definition) is 2. The average Bonchev–Trinajstić information content (AvgIpc) is 3.39. The van der Waals surface area contributed by atoms with Crippen molar-refractivity contribution in [3.05, 3.63) is 60.1 Å². The van der Waals surface area contributed by atoms with Crippen LogP contribution >= 0.6 is 0 Å². The first-order chi connectivity index (χ1) is 13.8. The van der Waals surface area contributed by atoms with Crippen molar-refractivity contribution in [2.75, 3.05) is 39.9 Å². The number of nitrogens with one attached hydrogen (secondary N) is 2. The molecule has 0 spiro atoms. The first-order valence-electron chi connectivity index (χ1n) is 10.2. The van der Waals surface area contributed by atoms with Gasteiger partial charge in [0.1, 0.15) is 5.76 Å². The maximum absolute atomic E-state index is 5.40. The molecular formula is C22H32N4O2. The van der Waals surface area contributed by atoms with E-state index in [-0.39, 0.29) is 0 Å². The van der Waals surface area contributed by atoms with Crippen molar-refractivity contribution in [1.29, 1.82) is 0 Å². The fraction of sp³-hybridized carbons (Fsp3) is 0.500. The zero-order chi connectivity index (χ0) is 19.4. The number of rotatable bonds is 10. The van der Waals surface area contributed by atoms with Gasteiger partial charge in [-0.15, -0.1) is 0 Å². The molecule has 2 heterocycles. The van der Waals surface area contributed by atoms with E-state index in [0.717, 1.165) is 50.9 Å². The Morgan fingerprint density at radius 1 is 1.18 bits per heavy atom. The van der Waals surface area contributed by atoms with Gasteiger partial charge in [-0.3, -0.25) is 9.89 Å². The minimum Gasteiger partial charge on any atom is -0.469 e. The molecule has 1 aromatic heterocycles. The highest BCUT2D eigenvalue weighted by molar-refractivity contribution is 5.79. The van der Waals surface area contributed by atoms with Gasteiger partial charge in [0.15, 0.2) is 5.96 Å². The quantitative estimate of drug-likeness (QED) is 0.375. The predicted molar refractivity (Wildman–Crippen MR) is 112 cm³/mol. The van der Waals surface area contributed by atoms with Gasteiger partial charge in [0.05, 0.1) is 19.4 Å². The van der Waals surface area contributed by atoms with Crippen molar-refractivity contribution >= 4 is 5.96 Å². The van der Waals surface area contributed by atoms with Gasteiger partial charge in [-0.2, -0.15) is 0 Å². The summed E-state index contributed by atoms with van der Waals surface area (Å²) in [5.41, 5.74) is 1.37. The number of furan rings is 1. The van der Waals surface area contributed by atoms with Crippen LogP contribution in [0.1, 0.15) is 24.2 Å². The van der Waals surface area contributed by atoms with Gasteiger partial charge in [0, 0.05) is 39.2 Å². The van der Waals surface area contributed by atoms with Crippen LogP contribution in [-0.2, 0) is 17.7 Å². The van der Waals surface area contributed by atoms with Crippen LogP contribution in [-0.4, -0.2) is 56.8 Å². The molecule has 1 saturated heterocycles. The minimum atomic E-state index is 0.492. The van der Waals surface area contributed by atoms with Crippen LogP contribution in [0, 0.1) is 0 Å². The Morgan fingerprint density at radius 3 is 2.82 bits per heavy atom. The lowest BCUT2D eigenvalue weighted by Crippen LogP contribution is -2.41. The summed E-state index contributed by atoms with van der Waals surface area (Å²) >= 11 is 0. The number of aliphatic imine (C=N–C) groups is 1. The second-order valence-electron chi connectivity index (χ2n) is 7.12. The average molecular weight is 385 g/mol. The molecule has 1 aliphatic heterocycles. The van der Waals surface area contributed by atoms with Gasteiger partial charge in [-0.05, 0) is 37.1 Å². The summed E-state index contributed by atoms with van der Waals surface area (Å²) < 4.78 is 10.5. The summed E-state index contributed by atoms with van der Waals surface area (Å²) in [6, 6.07) is 15.1. The van der Waals surface area contributed by atoms with E-state index >= 15 is 0 Å². The molecule has 2 N–H and O–H groups in total. The first kappa shape index (κ1) is 20.4. The molecule has 1 atom stereocenters. The number of guanidine groups is 1. The molecule has 0 saturated carbocycles. The molecule has 1 aromatic carbocycles. The molecule has 3 rings (SSSR count). The number of likely N-dealkylation sites (tertiary alicyclic amines) is 1. The van der Waals surface area contributed by atoms with Crippen molar-refractivity contribution in [1.82, 2.24) is 15.5 Å². The maximum Gasteiger partial charge on any atom is 0.191 e. The standard InChI is InChI=1S/C22H32N4O2/c1-27-16-13-24-22(23-12-11-21-10-6-15-28-21)25-17-20-9-5-14-26(20)18-19-7-3-2-4-8-19/h2-4,6-8,10,15,20H,5,9,11-14,16-18H2,1H3,(H2,23,24,25). The fourth-order valence-corrected chi connectivity index (χ4v) is 3.53. The van der Waals surface area contributed by atoms with Crippen molar-refractivity contribution in [2.24, 2.45) is 4.99 Å². The van der Waals surface area contributed by atoms with Crippen molar-refractivity contribution < 1.29 is 9.15 Å². The molecule has 2 aromatic rings. The van der Waals surface area contributed by atoms with Crippen LogP contribution in [0.25, 0.3) is 0 Å². The van der Waals surface area contributed by atoms with E-state index in [1.807, 2.05) is 12.1 Å². The Bertz CT molecular complexity index is 688. The second kappa shape index (κ2) is 11.5. The summed E-state index contributed by atoms with van der Waals surface area (Å²) in [4.78, 5) is 7.40.